The highest BCUT2D eigenvalue weighted by molar-refractivity contribution is 7.98. The van der Waals surface area contributed by atoms with E-state index in [9.17, 15) is 4.79 Å². The second-order valence-electron chi connectivity index (χ2n) is 4.17. The summed E-state index contributed by atoms with van der Waals surface area (Å²) in [6, 6.07) is 2.16. The lowest BCUT2D eigenvalue weighted by Gasteiger charge is -2.02. The number of nitrogen functional groups attached to an aromatic ring is 1. The number of hydrogen-bond donors (Lipinski definition) is 2. The van der Waals surface area contributed by atoms with E-state index >= 15 is 0 Å². The molecule has 9 heteroatoms. The van der Waals surface area contributed by atoms with Crippen molar-refractivity contribution in [3.63, 3.8) is 0 Å². The summed E-state index contributed by atoms with van der Waals surface area (Å²) in [5.74, 6) is 5.42. The number of furan rings is 1. The van der Waals surface area contributed by atoms with Gasteiger partial charge in [-0.1, -0.05) is 11.8 Å². The van der Waals surface area contributed by atoms with Crippen molar-refractivity contribution in [1.82, 2.24) is 25.6 Å². The topological polar surface area (TPSA) is 112 Å². The molecule has 0 aromatic carbocycles. The van der Waals surface area contributed by atoms with Crippen LogP contribution in [-0.2, 0) is 5.75 Å². The lowest BCUT2D eigenvalue weighted by atomic mass is 10.3. The minimum atomic E-state index is -0.442. The van der Waals surface area contributed by atoms with E-state index in [1.807, 2.05) is 4.68 Å². The average molecular weight is 280 g/mol. The summed E-state index contributed by atoms with van der Waals surface area (Å²) in [6.07, 6.45) is 3.70. The molecule has 0 spiro atoms. The van der Waals surface area contributed by atoms with Gasteiger partial charge in [0.15, 0.2) is 5.76 Å². The zero-order valence-electron chi connectivity index (χ0n) is 9.94. The Morgan fingerprint density at radius 2 is 2.47 bits per heavy atom. The van der Waals surface area contributed by atoms with Crippen molar-refractivity contribution in [2.45, 2.75) is 29.8 Å². The van der Waals surface area contributed by atoms with E-state index in [-0.39, 0.29) is 5.76 Å². The highest BCUT2D eigenvalue weighted by atomic mass is 32.2. The van der Waals surface area contributed by atoms with Crippen LogP contribution >= 0.6 is 11.8 Å². The predicted molar refractivity (Wildman–Crippen MR) is 66.0 cm³/mol. The molecular formula is C10H12N6O2S. The van der Waals surface area contributed by atoms with E-state index in [4.69, 9.17) is 10.3 Å². The summed E-state index contributed by atoms with van der Waals surface area (Å²) in [4.78, 5) is 11.5. The van der Waals surface area contributed by atoms with Crippen molar-refractivity contribution in [3.05, 3.63) is 23.7 Å². The number of carbonyl (C=O) groups excluding carboxylic acids is 1. The minimum absolute atomic E-state index is 0.223. The Kier molecular flexibility index (Phi) is 3.22. The van der Waals surface area contributed by atoms with Crippen LogP contribution in [0.1, 0.15) is 35.0 Å². The summed E-state index contributed by atoms with van der Waals surface area (Å²) < 4.78 is 6.94. The molecule has 1 aliphatic rings. The first kappa shape index (κ1) is 12.2. The third kappa shape index (κ3) is 2.47. The van der Waals surface area contributed by atoms with Crippen molar-refractivity contribution >= 4 is 17.7 Å². The van der Waals surface area contributed by atoms with E-state index < -0.39 is 5.91 Å². The molecule has 0 saturated heterocycles. The molecule has 3 rings (SSSR count). The number of nitrogens with two attached hydrogens (primary N) is 1. The minimum Gasteiger partial charge on any atom is -0.459 e. The fourth-order valence-electron chi connectivity index (χ4n) is 1.69. The van der Waals surface area contributed by atoms with Gasteiger partial charge in [0.25, 0.3) is 0 Å². The number of nitrogens with zero attached hydrogens (tertiary/aromatic N) is 4. The van der Waals surface area contributed by atoms with Crippen LogP contribution < -0.4 is 11.3 Å². The Hall–Kier alpha value is -1.87. The van der Waals surface area contributed by atoms with E-state index in [0.717, 1.165) is 23.6 Å². The molecule has 0 atom stereocenters. The van der Waals surface area contributed by atoms with Crippen molar-refractivity contribution < 1.29 is 9.21 Å². The maximum atomic E-state index is 11.5. The van der Waals surface area contributed by atoms with Gasteiger partial charge in [0, 0.05) is 11.3 Å². The lowest BCUT2D eigenvalue weighted by molar-refractivity contribution is 0.0925. The van der Waals surface area contributed by atoms with E-state index in [0.29, 0.717) is 11.8 Å². The molecule has 3 N–H and O–H groups in total. The molecule has 1 aliphatic carbocycles. The van der Waals surface area contributed by atoms with Crippen LogP contribution in [0.4, 0.5) is 0 Å². The Morgan fingerprint density at radius 1 is 1.63 bits per heavy atom. The average Bonchev–Trinajstić information content (AvgIpc) is 2.99. The molecule has 1 saturated carbocycles. The Labute approximate surface area is 112 Å². The fourth-order valence-corrected chi connectivity index (χ4v) is 2.61. The lowest BCUT2D eigenvalue weighted by Crippen LogP contribution is -2.30. The van der Waals surface area contributed by atoms with Crippen LogP contribution in [-0.4, -0.2) is 26.1 Å². The number of tetrazole rings is 1. The molecular weight excluding hydrogens is 268 g/mol. The Bertz CT molecular complexity index is 590. The molecule has 2 aromatic rings. The summed E-state index contributed by atoms with van der Waals surface area (Å²) >= 11 is 1.47. The first-order chi connectivity index (χ1) is 9.29. The molecule has 0 unspecified atom stereocenters. The molecule has 8 nitrogen and oxygen atoms in total. The van der Waals surface area contributed by atoms with Gasteiger partial charge < -0.3 is 4.42 Å². The molecule has 100 valence electrons. The molecule has 1 fully saturated rings. The van der Waals surface area contributed by atoms with Gasteiger partial charge in [0.2, 0.25) is 5.16 Å². The van der Waals surface area contributed by atoms with Crippen molar-refractivity contribution in [2.24, 2.45) is 5.84 Å². The van der Waals surface area contributed by atoms with Crippen LogP contribution in [0.15, 0.2) is 21.9 Å². The van der Waals surface area contributed by atoms with Crippen molar-refractivity contribution in [2.75, 3.05) is 0 Å². The summed E-state index contributed by atoms with van der Waals surface area (Å²) in [6.45, 7) is 0. The largest absolute Gasteiger partial charge is 0.459 e. The van der Waals surface area contributed by atoms with Gasteiger partial charge in [-0.15, -0.1) is 5.10 Å². The fraction of sp³-hybridized carbons (Fsp3) is 0.400. The van der Waals surface area contributed by atoms with Gasteiger partial charge in [-0.3, -0.25) is 10.2 Å². The molecule has 0 bridgehead atoms. The van der Waals surface area contributed by atoms with Gasteiger partial charge in [-0.05, 0) is 29.3 Å². The van der Waals surface area contributed by atoms with Gasteiger partial charge in [0.05, 0.1) is 12.3 Å². The Balaban J connectivity index is 1.70. The SMILES string of the molecule is NNC(=O)c1occc1CSc1nnnn1C1CC1. The number of amides is 1. The Morgan fingerprint density at radius 3 is 3.21 bits per heavy atom. The van der Waals surface area contributed by atoms with E-state index in [1.165, 1.54) is 18.0 Å². The molecule has 0 aliphatic heterocycles. The molecule has 0 radical (unpaired) electrons. The van der Waals surface area contributed by atoms with Gasteiger partial charge >= 0.3 is 5.91 Å². The molecule has 1 amide bonds. The predicted octanol–water partition coefficient (Wildman–Crippen LogP) is 0.497. The maximum Gasteiger partial charge on any atom is 0.301 e. The first-order valence-corrected chi connectivity index (χ1v) is 6.76. The number of thioether (sulfide) groups is 1. The first-order valence-electron chi connectivity index (χ1n) is 5.77. The third-order valence-electron chi connectivity index (χ3n) is 2.80. The van der Waals surface area contributed by atoms with Gasteiger partial charge in [0.1, 0.15) is 0 Å². The zero-order valence-corrected chi connectivity index (χ0v) is 10.8. The van der Waals surface area contributed by atoms with E-state index in [1.54, 1.807) is 6.07 Å². The summed E-state index contributed by atoms with van der Waals surface area (Å²) in [5, 5.41) is 12.4. The monoisotopic (exact) mass is 280 g/mol. The second kappa shape index (κ2) is 5.02. The second-order valence-corrected chi connectivity index (χ2v) is 5.12. The standard InChI is InChI=1S/C10H12N6O2S/c11-12-9(17)8-6(3-4-18-8)5-19-10-13-14-15-16(10)7-1-2-7/h3-4,7H,1-2,5,11H2,(H,12,17). The smallest absolute Gasteiger partial charge is 0.301 e. The summed E-state index contributed by atoms with van der Waals surface area (Å²) in [5.41, 5.74) is 2.82. The van der Waals surface area contributed by atoms with Gasteiger partial charge in [-0.2, -0.15) is 0 Å². The van der Waals surface area contributed by atoms with Gasteiger partial charge in [-0.25, -0.2) is 10.5 Å². The number of hydrazine groups is 1. The van der Waals surface area contributed by atoms with Crippen molar-refractivity contribution in [3.8, 4) is 0 Å². The summed E-state index contributed by atoms with van der Waals surface area (Å²) in [7, 11) is 0. The molecule has 2 aromatic heterocycles. The highest BCUT2D eigenvalue weighted by Gasteiger charge is 2.28. The number of hydrogen-bond acceptors (Lipinski definition) is 7. The zero-order chi connectivity index (χ0) is 13.2. The molecule has 2 heterocycles. The maximum absolute atomic E-state index is 11.5. The number of nitrogens with one attached hydrogen (secondary N) is 1. The normalized spacial score (nSPS) is 14.6. The number of aromatic nitrogens is 4. The van der Waals surface area contributed by atoms with Crippen molar-refractivity contribution in [1.29, 1.82) is 0 Å². The van der Waals surface area contributed by atoms with Crippen LogP contribution in [0.2, 0.25) is 0 Å². The van der Waals surface area contributed by atoms with Crippen LogP contribution in [0.5, 0.6) is 0 Å². The van der Waals surface area contributed by atoms with Crippen LogP contribution in [0.3, 0.4) is 0 Å². The number of rotatable bonds is 5. The van der Waals surface area contributed by atoms with Crippen LogP contribution in [0, 0.1) is 0 Å². The number of carbonyl (C=O) groups is 1. The van der Waals surface area contributed by atoms with Crippen LogP contribution in [0.25, 0.3) is 0 Å². The van der Waals surface area contributed by atoms with E-state index in [2.05, 4.69) is 21.0 Å². The highest BCUT2D eigenvalue weighted by Crippen LogP contribution is 2.37. The third-order valence-corrected chi connectivity index (χ3v) is 3.78. The quantitative estimate of drug-likeness (QED) is 0.355. The molecule has 19 heavy (non-hydrogen) atoms.